The van der Waals surface area contributed by atoms with Crippen molar-refractivity contribution in [1.29, 1.82) is 0 Å². The van der Waals surface area contributed by atoms with Gasteiger partial charge in [0, 0.05) is 48.9 Å². The molecule has 0 saturated carbocycles. The van der Waals surface area contributed by atoms with Crippen molar-refractivity contribution in [2.24, 2.45) is 0 Å². The van der Waals surface area contributed by atoms with E-state index >= 15 is 0 Å². The summed E-state index contributed by atoms with van der Waals surface area (Å²) in [7, 11) is -4.58. The van der Waals surface area contributed by atoms with Crippen LogP contribution in [0.25, 0.3) is 0 Å². The summed E-state index contributed by atoms with van der Waals surface area (Å²) in [5, 5.41) is 6.08. The lowest BCUT2D eigenvalue weighted by Gasteiger charge is -2.20. The summed E-state index contributed by atoms with van der Waals surface area (Å²) in [6.07, 6.45) is 1.78. The molecule has 0 aliphatic carbocycles. The Bertz CT molecular complexity index is 1660. The van der Waals surface area contributed by atoms with Gasteiger partial charge in [-0.15, -0.1) is 0 Å². The fraction of sp³-hybridized carbons (Fsp3) is 0.407. The van der Waals surface area contributed by atoms with Crippen molar-refractivity contribution >= 4 is 33.2 Å². The van der Waals surface area contributed by atoms with Gasteiger partial charge in [0.1, 0.15) is 18.2 Å². The van der Waals surface area contributed by atoms with E-state index in [1.165, 1.54) is 23.1 Å². The topological polar surface area (TPSA) is 108 Å². The molecule has 1 aromatic heterocycles. The molecule has 9 nitrogen and oxygen atoms in total. The zero-order valence-corrected chi connectivity index (χ0v) is 21.3. The van der Waals surface area contributed by atoms with E-state index < -0.39 is 42.3 Å². The summed E-state index contributed by atoms with van der Waals surface area (Å²) in [5.41, 5.74) is -1.22. The Morgan fingerprint density at radius 2 is 1.86 bits per heavy atom. The minimum atomic E-state index is -4.58. The van der Waals surface area contributed by atoms with Gasteiger partial charge in [0.25, 0.3) is 0 Å². The van der Waals surface area contributed by atoms with Crippen molar-refractivity contribution < 1.29 is 26.9 Å². The highest BCUT2D eigenvalue weighted by atomic mass is 32.2. The number of rotatable bonds is 10. The van der Waals surface area contributed by atoms with Crippen molar-refractivity contribution in [3.8, 4) is 5.75 Å². The predicted octanol–water partition coefficient (Wildman–Crippen LogP) is 4.82. The van der Waals surface area contributed by atoms with Crippen LogP contribution in [0, 0.1) is 6.92 Å². The third kappa shape index (κ3) is 7.88. The second kappa shape index (κ2) is 11.5. The molecule has 1 fully saturated rings. The van der Waals surface area contributed by atoms with E-state index in [4.69, 9.17) is 18.4 Å². The highest BCUT2D eigenvalue weighted by Crippen LogP contribution is 2.24. The Hall–Kier alpha value is -3.21. The van der Waals surface area contributed by atoms with Gasteiger partial charge >= 0.3 is 0 Å². The molecular weight excluding hydrogens is 488 g/mol. The van der Waals surface area contributed by atoms with Crippen molar-refractivity contribution in [3.05, 3.63) is 60.3 Å². The Morgan fingerprint density at radius 3 is 2.59 bits per heavy atom. The van der Waals surface area contributed by atoms with E-state index in [0.717, 1.165) is 6.92 Å². The van der Waals surface area contributed by atoms with Gasteiger partial charge in [0.05, 0.1) is 4.90 Å². The molecule has 0 unspecified atom stereocenters. The van der Waals surface area contributed by atoms with Crippen LogP contribution in [-0.2, 0) is 10.0 Å². The summed E-state index contributed by atoms with van der Waals surface area (Å²) in [5.74, 6) is 1.05. The standard InChI is InChI=1S/C27H36N6O3S/c1-20-19-28-26(30-21-10-12-23(13-11-21)36-17-16-33-14-5-6-15-33)31-25(20)29-22-8-7-9-24(18-22)37(34,35)32-27(2,3)4/h7-13,18-19,32H,5-6,14-17H2,1-4H3,(H2,28,29,30,31)/i2D3,3D3,14D2,15D2. The highest BCUT2D eigenvalue weighted by molar-refractivity contribution is 7.89. The quantitative estimate of drug-likeness (QED) is 0.340. The number of hydrogen-bond donors (Lipinski definition) is 3. The number of nitrogens with zero attached hydrogens (tertiary/aromatic N) is 3. The average Bonchev–Trinajstić information content (AvgIpc) is 3.16. The van der Waals surface area contributed by atoms with Gasteiger partial charge < -0.3 is 15.4 Å². The molecule has 3 N–H and O–H groups in total. The lowest BCUT2D eigenvalue weighted by molar-refractivity contribution is 0.238. The first-order chi connectivity index (χ1) is 21.5. The molecule has 1 aliphatic rings. The van der Waals surface area contributed by atoms with E-state index in [1.807, 2.05) is 4.72 Å². The molecular formula is C27H36N6O3S. The first-order valence-corrected chi connectivity index (χ1v) is 13.0. The monoisotopic (exact) mass is 534 g/mol. The normalized spacial score (nSPS) is 21.9. The molecule has 4 rings (SSSR count). The number of aromatic nitrogens is 2. The number of benzene rings is 2. The molecule has 1 aliphatic heterocycles. The Labute approximate surface area is 233 Å². The molecule has 2 heterocycles. The predicted molar refractivity (Wildman–Crippen MR) is 147 cm³/mol. The van der Waals surface area contributed by atoms with Gasteiger partial charge in [0.15, 0.2) is 0 Å². The molecule has 10 heteroatoms. The molecule has 0 spiro atoms. The fourth-order valence-electron chi connectivity index (χ4n) is 3.45. The largest absolute Gasteiger partial charge is 0.492 e. The third-order valence-electron chi connectivity index (χ3n) is 5.14. The van der Waals surface area contributed by atoms with Gasteiger partial charge in [-0.1, -0.05) is 6.07 Å². The van der Waals surface area contributed by atoms with Crippen molar-refractivity contribution in [1.82, 2.24) is 19.6 Å². The van der Waals surface area contributed by atoms with E-state index in [2.05, 4.69) is 20.6 Å². The van der Waals surface area contributed by atoms with Crippen LogP contribution >= 0.6 is 0 Å². The van der Waals surface area contributed by atoms with Crippen LogP contribution in [0.1, 0.15) is 52.7 Å². The first kappa shape index (κ1) is 16.6. The lowest BCUT2D eigenvalue weighted by Crippen LogP contribution is -2.40. The van der Waals surface area contributed by atoms with Gasteiger partial charge in [-0.05, 0) is 95.9 Å². The summed E-state index contributed by atoms with van der Waals surface area (Å²) in [6.45, 7) is -7.05. The molecule has 198 valence electrons. The van der Waals surface area contributed by atoms with Crippen molar-refractivity contribution in [2.75, 3.05) is 36.8 Å². The minimum absolute atomic E-state index is 0.0855. The van der Waals surface area contributed by atoms with Crippen LogP contribution in [0.3, 0.4) is 0 Å². The van der Waals surface area contributed by atoms with E-state index in [0.29, 0.717) is 22.8 Å². The molecule has 0 radical (unpaired) electrons. The Kier molecular flexibility index (Phi) is 5.14. The Balaban J connectivity index is 1.43. The van der Waals surface area contributed by atoms with Gasteiger partial charge in [0.2, 0.25) is 16.0 Å². The molecule has 0 amide bonds. The van der Waals surface area contributed by atoms with Gasteiger partial charge in [-0.25, -0.2) is 18.1 Å². The minimum Gasteiger partial charge on any atom is -0.492 e. The van der Waals surface area contributed by atoms with Gasteiger partial charge in [-0.2, -0.15) is 4.98 Å². The van der Waals surface area contributed by atoms with Gasteiger partial charge in [-0.3, -0.25) is 4.90 Å². The molecule has 3 aromatic rings. The summed E-state index contributed by atoms with van der Waals surface area (Å²) in [6, 6.07) is 12.2. The maximum Gasteiger partial charge on any atom is 0.241 e. The van der Waals surface area contributed by atoms with Crippen LogP contribution < -0.4 is 20.1 Å². The number of aryl methyl sites for hydroxylation is 1. The first-order valence-electron chi connectivity index (χ1n) is 16.6. The SMILES string of the molecule is [2H]C1([2H])CCC([2H])([2H])N1CCOc1ccc(Nc2ncc(C)c(Nc3cccc(S(=O)(=O)NC(C)(C([2H])([2H])[2H])C([2H])([2H])[2H])c3)n2)cc1. The van der Waals surface area contributed by atoms with Crippen LogP contribution in [0.4, 0.5) is 23.1 Å². The lowest BCUT2D eigenvalue weighted by atomic mass is 10.1. The van der Waals surface area contributed by atoms with Crippen molar-refractivity contribution in [2.45, 2.75) is 50.8 Å². The van der Waals surface area contributed by atoms with Crippen molar-refractivity contribution in [3.63, 3.8) is 0 Å². The summed E-state index contributed by atoms with van der Waals surface area (Å²) < 4.78 is 112. The number of hydrogen-bond acceptors (Lipinski definition) is 8. The van der Waals surface area contributed by atoms with E-state index in [1.54, 1.807) is 43.5 Å². The number of anilines is 4. The number of ether oxygens (including phenoxy) is 1. The van der Waals surface area contributed by atoms with Crippen LogP contribution in [-0.4, -0.2) is 55.0 Å². The molecule has 0 bridgehead atoms. The van der Waals surface area contributed by atoms with Crippen LogP contribution in [0.5, 0.6) is 5.75 Å². The Morgan fingerprint density at radius 1 is 1.11 bits per heavy atom. The average molecular weight is 535 g/mol. The molecule has 1 saturated heterocycles. The summed E-state index contributed by atoms with van der Waals surface area (Å²) in [4.78, 5) is 9.57. The zero-order chi connectivity index (χ0) is 35.1. The maximum atomic E-state index is 13.1. The maximum absolute atomic E-state index is 13.1. The smallest absolute Gasteiger partial charge is 0.241 e. The van der Waals surface area contributed by atoms with Crippen LogP contribution in [0.15, 0.2) is 59.6 Å². The number of nitrogens with one attached hydrogen (secondary N) is 3. The van der Waals surface area contributed by atoms with E-state index in [-0.39, 0.29) is 42.5 Å². The zero-order valence-electron chi connectivity index (χ0n) is 30.5. The van der Waals surface area contributed by atoms with E-state index in [9.17, 15) is 8.42 Å². The number of likely N-dealkylation sites (tertiary alicyclic amines) is 1. The third-order valence-corrected chi connectivity index (χ3v) is 6.69. The summed E-state index contributed by atoms with van der Waals surface area (Å²) >= 11 is 0. The molecule has 2 aromatic carbocycles. The number of sulfonamides is 1. The molecule has 0 atom stereocenters. The van der Waals surface area contributed by atoms with Crippen LogP contribution in [0.2, 0.25) is 0 Å². The molecule has 37 heavy (non-hydrogen) atoms. The highest BCUT2D eigenvalue weighted by Gasteiger charge is 2.22. The second-order valence-corrected chi connectivity index (χ2v) is 10.3. The second-order valence-electron chi connectivity index (χ2n) is 8.57. The fourth-order valence-corrected chi connectivity index (χ4v) is 4.64.